The van der Waals surface area contributed by atoms with E-state index < -0.39 is 47.6 Å². The van der Waals surface area contributed by atoms with Gasteiger partial charge in [0.15, 0.2) is 15.6 Å². The molecule has 0 spiro atoms. The standard InChI is InChI=1S/C16H15FN6O2S2/c17-13-7-14-19-10-20-23(14)9-12(13)11-1-3-21(4-2-11)27(24,25)15-8-18-16-22(15)5-6-26-16/h5-11H,1-4H2/i3D2,4D2. The van der Waals surface area contributed by atoms with Crippen LogP contribution in [0.25, 0.3) is 10.6 Å². The van der Waals surface area contributed by atoms with Crippen molar-refractivity contribution in [3.05, 3.63) is 47.7 Å². The van der Waals surface area contributed by atoms with Gasteiger partial charge < -0.3 is 0 Å². The van der Waals surface area contributed by atoms with E-state index >= 15 is 0 Å². The fourth-order valence-electron chi connectivity index (χ4n) is 3.05. The van der Waals surface area contributed by atoms with Gasteiger partial charge in [0, 0.05) is 47.9 Å². The summed E-state index contributed by atoms with van der Waals surface area (Å²) in [4.78, 5) is 8.27. The molecule has 4 aromatic heterocycles. The number of hydrogen-bond acceptors (Lipinski definition) is 6. The van der Waals surface area contributed by atoms with E-state index in [2.05, 4.69) is 15.1 Å². The molecule has 0 atom stereocenters. The summed E-state index contributed by atoms with van der Waals surface area (Å²) in [5.41, 5.74) is 0.306. The van der Waals surface area contributed by atoms with Gasteiger partial charge in [0.05, 0.1) is 6.20 Å². The van der Waals surface area contributed by atoms with Gasteiger partial charge in [-0.2, -0.15) is 9.40 Å². The predicted molar refractivity (Wildman–Crippen MR) is 96.7 cm³/mol. The highest BCUT2D eigenvalue weighted by Crippen LogP contribution is 2.32. The van der Waals surface area contributed by atoms with Gasteiger partial charge in [-0.15, -0.1) is 11.3 Å². The normalized spacial score (nSPS) is 23.1. The lowest BCUT2D eigenvalue weighted by Gasteiger charge is -2.31. The van der Waals surface area contributed by atoms with Crippen molar-refractivity contribution in [1.82, 2.24) is 28.3 Å². The topological polar surface area (TPSA) is 84.9 Å². The zero-order valence-electron chi connectivity index (χ0n) is 17.6. The molecule has 0 radical (unpaired) electrons. The van der Waals surface area contributed by atoms with Crippen molar-refractivity contribution < 1.29 is 18.3 Å². The van der Waals surface area contributed by atoms with Gasteiger partial charge in [-0.1, -0.05) is 0 Å². The van der Waals surface area contributed by atoms with Crippen LogP contribution in [0.5, 0.6) is 0 Å². The van der Waals surface area contributed by atoms with Gasteiger partial charge >= 0.3 is 0 Å². The molecule has 5 rings (SSSR count). The summed E-state index contributed by atoms with van der Waals surface area (Å²) in [6.45, 7) is -5.26. The lowest BCUT2D eigenvalue weighted by atomic mass is 9.91. The molecule has 0 unspecified atom stereocenters. The summed E-state index contributed by atoms with van der Waals surface area (Å²) in [5, 5.41) is 5.23. The van der Waals surface area contributed by atoms with Crippen molar-refractivity contribution in [2.45, 2.75) is 23.8 Å². The number of pyridine rings is 1. The molecule has 140 valence electrons. The van der Waals surface area contributed by atoms with Gasteiger partial charge in [0.2, 0.25) is 0 Å². The number of fused-ring (bicyclic) bond motifs is 2. The van der Waals surface area contributed by atoms with E-state index in [1.54, 1.807) is 5.38 Å². The molecule has 8 nitrogen and oxygen atoms in total. The first-order valence-electron chi connectivity index (χ1n) is 9.96. The Balaban J connectivity index is 1.58. The Morgan fingerprint density at radius 1 is 1.30 bits per heavy atom. The zero-order chi connectivity index (χ0) is 22.2. The average molecular weight is 410 g/mol. The highest BCUT2D eigenvalue weighted by molar-refractivity contribution is 7.89. The number of sulfonamides is 1. The molecule has 1 aliphatic rings. The van der Waals surface area contributed by atoms with E-state index in [0.29, 0.717) is 4.96 Å². The Morgan fingerprint density at radius 3 is 2.93 bits per heavy atom. The monoisotopic (exact) mass is 410 g/mol. The van der Waals surface area contributed by atoms with E-state index in [9.17, 15) is 12.8 Å². The second-order valence-electron chi connectivity index (χ2n) is 5.98. The minimum Gasteiger partial charge on any atom is -0.280 e. The molecule has 1 fully saturated rings. The van der Waals surface area contributed by atoms with Gasteiger partial charge in [-0.25, -0.2) is 27.3 Å². The summed E-state index contributed by atoms with van der Waals surface area (Å²) < 4.78 is 78.0. The molecule has 0 aromatic carbocycles. The maximum atomic E-state index is 14.7. The number of rotatable bonds is 3. The summed E-state index contributed by atoms with van der Waals surface area (Å²) >= 11 is 1.20. The molecule has 0 bridgehead atoms. The Kier molecular flexibility index (Phi) is 2.91. The molecule has 1 saturated heterocycles. The molecule has 0 saturated carbocycles. The maximum Gasteiger partial charge on any atom is 0.260 e. The number of aromatic nitrogens is 5. The number of nitrogens with zero attached hydrogens (tertiary/aromatic N) is 6. The average Bonchev–Trinajstić information content (AvgIpc) is 3.34. The quantitative estimate of drug-likeness (QED) is 0.517. The lowest BCUT2D eigenvalue weighted by molar-refractivity contribution is 0.314. The predicted octanol–water partition coefficient (Wildman–Crippen LogP) is 2.15. The SMILES string of the molecule is [2H]C1([2H])CC(c2cn3ncnc3cc2F)CC([2H])([2H])N1S(=O)(=O)c1cnc2sccn12. The molecule has 0 N–H and O–H groups in total. The summed E-state index contributed by atoms with van der Waals surface area (Å²) in [5.74, 6) is -1.60. The number of hydrogen-bond donors (Lipinski definition) is 0. The fraction of sp³-hybridized carbons (Fsp3) is 0.312. The molecule has 1 aliphatic heterocycles. The van der Waals surface area contributed by atoms with E-state index in [4.69, 9.17) is 5.48 Å². The number of halogens is 1. The Morgan fingerprint density at radius 2 is 2.11 bits per heavy atom. The second kappa shape index (κ2) is 6.08. The van der Waals surface area contributed by atoms with E-state index in [-0.39, 0.29) is 20.5 Å². The minimum atomic E-state index is -4.60. The smallest absolute Gasteiger partial charge is 0.260 e. The van der Waals surface area contributed by atoms with Crippen LogP contribution in [0, 0.1) is 5.82 Å². The first kappa shape index (κ1) is 12.9. The van der Waals surface area contributed by atoms with Crippen molar-refractivity contribution in [1.29, 1.82) is 0 Å². The summed E-state index contributed by atoms with van der Waals surface area (Å²) in [6.07, 6.45) is 4.26. The van der Waals surface area contributed by atoms with Crippen molar-refractivity contribution in [3.63, 3.8) is 0 Å². The van der Waals surface area contributed by atoms with Crippen LogP contribution >= 0.6 is 11.3 Å². The second-order valence-corrected chi connectivity index (χ2v) is 8.59. The molecular formula is C16H15FN6O2S2. The van der Waals surface area contributed by atoms with Crippen LogP contribution in [0.3, 0.4) is 0 Å². The molecule has 27 heavy (non-hydrogen) atoms. The fourth-order valence-corrected chi connectivity index (χ4v) is 5.05. The van der Waals surface area contributed by atoms with E-state index in [0.717, 1.165) is 12.3 Å². The third-order valence-corrected chi connectivity index (χ3v) is 6.75. The summed E-state index contributed by atoms with van der Waals surface area (Å²) in [7, 11) is -4.60. The zero-order valence-corrected chi connectivity index (χ0v) is 15.3. The van der Waals surface area contributed by atoms with Crippen LogP contribution < -0.4 is 0 Å². The van der Waals surface area contributed by atoms with Gasteiger partial charge in [0.25, 0.3) is 10.0 Å². The lowest BCUT2D eigenvalue weighted by Crippen LogP contribution is -2.38. The highest BCUT2D eigenvalue weighted by Gasteiger charge is 2.33. The van der Waals surface area contributed by atoms with Gasteiger partial charge in [-0.05, 0) is 18.8 Å². The van der Waals surface area contributed by atoms with Crippen LogP contribution in [0.1, 0.15) is 29.8 Å². The minimum absolute atomic E-state index is 0.0485. The van der Waals surface area contributed by atoms with Crippen molar-refractivity contribution in [3.8, 4) is 0 Å². The number of imidazole rings is 1. The first-order chi connectivity index (χ1) is 14.5. The van der Waals surface area contributed by atoms with E-state index in [1.165, 1.54) is 39.0 Å². The van der Waals surface area contributed by atoms with Crippen LogP contribution in [0.15, 0.2) is 41.4 Å². The Hall–Kier alpha value is -2.37. The van der Waals surface area contributed by atoms with Crippen LogP contribution in [0.4, 0.5) is 4.39 Å². The third kappa shape index (κ3) is 2.65. The molecular weight excluding hydrogens is 391 g/mol. The maximum absolute atomic E-state index is 14.7. The first-order valence-corrected chi connectivity index (χ1v) is 10.3. The van der Waals surface area contributed by atoms with Crippen molar-refractivity contribution in [2.24, 2.45) is 0 Å². The van der Waals surface area contributed by atoms with Crippen LogP contribution in [0.2, 0.25) is 0 Å². The molecule has 5 heterocycles. The van der Waals surface area contributed by atoms with Gasteiger partial charge in [0.1, 0.15) is 12.1 Å². The van der Waals surface area contributed by atoms with Crippen LogP contribution in [-0.4, -0.2) is 49.7 Å². The van der Waals surface area contributed by atoms with Crippen molar-refractivity contribution >= 4 is 32.0 Å². The molecule has 0 aliphatic carbocycles. The Labute approximate surface area is 163 Å². The molecule has 0 amide bonds. The molecule has 4 aromatic rings. The van der Waals surface area contributed by atoms with Gasteiger partial charge in [-0.3, -0.25) is 4.40 Å². The summed E-state index contributed by atoms with van der Waals surface area (Å²) in [6, 6.07) is 1.14. The van der Waals surface area contributed by atoms with E-state index in [1.807, 2.05) is 0 Å². The molecule has 11 heteroatoms. The highest BCUT2D eigenvalue weighted by atomic mass is 32.2. The number of piperidine rings is 1. The number of thiazole rings is 1. The third-order valence-electron chi connectivity index (χ3n) is 4.41. The van der Waals surface area contributed by atoms with Crippen LogP contribution in [-0.2, 0) is 10.0 Å². The Bertz CT molecular complexity index is 1400. The largest absolute Gasteiger partial charge is 0.280 e. The van der Waals surface area contributed by atoms with Crippen molar-refractivity contribution in [2.75, 3.05) is 13.0 Å².